The Morgan fingerprint density at radius 1 is 1.41 bits per heavy atom. The summed E-state index contributed by atoms with van der Waals surface area (Å²) >= 11 is 0. The first-order valence-corrected chi connectivity index (χ1v) is 5.59. The summed E-state index contributed by atoms with van der Waals surface area (Å²) in [6.07, 6.45) is 4.24. The largest absolute Gasteiger partial charge is 0.388 e. The van der Waals surface area contributed by atoms with Crippen LogP contribution in [0.3, 0.4) is 0 Å². The van der Waals surface area contributed by atoms with Crippen molar-refractivity contribution < 1.29 is 0 Å². The third-order valence-corrected chi connectivity index (χ3v) is 2.69. The molecule has 17 heavy (non-hydrogen) atoms. The number of amidine groups is 1. The SMILES string of the molecule is CC(CC(=N)N)n1ccnc1-c1ccccc1. The van der Waals surface area contributed by atoms with Gasteiger partial charge >= 0.3 is 0 Å². The molecule has 4 heteroatoms. The summed E-state index contributed by atoms with van der Waals surface area (Å²) in [6.45, 7) is 2.04. The zero-order valence-corrected chi connectivity index (χ0v) is 9.80. The molecule has 0 spiro atoms. The zero-order chi connectivity index (χ0) is 12.3. The first-order chi connectivity index (χ1) is 8.18. The maximum absolute atomic E-state index is 7.35. The summed E-state index contributed by atoms with van der Waals surface area (Å²) in [5, 5.41) is 7.35. The van der Waals surface area contributed by atoms with Gasteiger partial charge in [-0.25, -0.2) is 4.98 Å². The Bertz CT molecular complexity index is 501. The topological polar surface area (TPSA) is 67.7 Å². The van der Waals surface area contributed by atoms with Crippen molar-refractivity contribution in [2.45, 2.75) is 19.4 Å². The Balaban J connectivity index is 2.32. The minimum Gasteiger partial charge on any atom is -0.388 e. The molecule has 2 aromatic rings. The Labute approximate surface area is 101 Å². The van der Waals surface area contributed by atoms with Gasteiger partial charge in [-0.3, -0.25) is 5.41 Å². The molecule has 1 aromatic heterocycles. The van der Waals surface area contributed by atoms with Crippen LogP contribution in [-0.2, 0) is 0 Å². The lowest BCUT2D eigenvalue weighted by molar-refractivity contribution is 0.570. The normalized spacial score (nSPS) is 12.3. The first kappa shape index (κ1) is 11.4. The average molecular weight is 228 g/mol. The number of nitrogens with one attached hydrogen (secondary N) is 1. The molecule has 0 amide bonds. The van der Waals surface area contributed by atoms with Gasteiger partial charge in [-0.15, -0.1) is 0 Å². The fourth-order valence-electron chi connectivity index (χ4n) is 1.90. The molecule has 0 aliphatic rings. The first-order valence-electron chi connectivity index (χ1n) is 5.59. The Hall–Kier alpha value is -2.10. The molecule has 3 N–H and O–H groups in total. The molecule has 0 fully saturated rings. The van der Waals surface area contributed by atoms with E-state index in [-0.39, 0.29) is 11.9 Å². The van der Waals surface area contributed by atoms with Gasteiger partial charge in [0.2, 0.25) is 0 Å². The van der Waals surface area contributed by atoms with Gasteiger partial charge in [0.05, 0.1) is 5.84 Å². The molecule has 2 rings (SSSR count). The molecule has 88 valence electrons. The maximum Gasteiger partial charge on any atom is 0.140 e. The summed E-state index contributed by atoms with van der Waals surface area (Å²) < 4.78 is 2.05. The van der Waals surface area contributed by atoms with Crippen LogP contribution in [0.4, 0.5) is 0 Å². The minimum absolute atomic E-state index is 0.144. The lowest BCUT2D eigenvalue weighted by atomic mass is 10.1. The van der Waals surface area contributed by atoms with E-state index in [2.05, 4.69) is 9.55 Å². The molecule has 0 saturated carbocycles. The molecule has 0 aliphatic carbocycles. The number of imidazole rings is 1. The van der Waals surface area contributed by atoms with Crippen molar-refractivity contribution in [3.05, 3.63) is 42.7 Å². The standard InChI is InChI=1S/C13H16N4/c1-10(9-12(14)15)17-8-7-16-13(17)11-5-3-2-4-6-11/h2-8,10H,9H2,1H3,(H3,14,15). The van der Waals surface area contributed by atoms with Gasteiger partial charge in [-0.1, -0.05) is 30.3 Å². The van der Waals surface area contributed by atoms with Crippen LogP contribution in [0.2, 0.25) is 0 Å². The van der Waals surface area contributed by atoms with Gasteiger partial charge in [0.25, 0.3) is 0 Å². The number of hydrogen-bond donors (Lipinski definition) is 2. The molecule has 1 unspecified atom stereocenters. The van der Waals surface area contributed by atoms with Gasteiger partial charge in [-0.05, 0) is 6.92 Å². The van der Waals surface area contributed by atoms with Gasteiger partial charge in [0.1, 0.15) is 5.82 Å². The summed E-state index contributed by atoms with van der Waals surface area (Å²) in [5.74, 6) is 1.12. The number of benzene rings is 1. The van der Waals surface area contributed by atoms with Crippen LogP contribution in [0.25, 0.3) is 11.4 Å². The van der Waals surface area contributed by atoms with E-state index >= 15 is 0 Å². The molecular formula is C13H16N4. The lowest BCUT2D eigenvalue weighted by Crippen LogP contribution is -2.17. The molecule has 4 nitrogen and oxygen atoms in total. The van der Waals surface area contributed by atoms with Crippen molar-refractivity contribution >= 4 is 5.84 Å². The number of hydrogen-bond acceptors (Lipinski definition) is 2. The molecule has 0 saturated heterocycles. The van der Waals surface area contributed by atoms with Crippen molar-refractivity contribution in [2.75, 3.05) is 0 Å². The van der Waals surface area contributed by atoms with Crippen LogP contribution in [0.1, 0.15) is 19.4 Å². The highest BCUT2D eigenvalue weighted by Crippen LogP contribution is 2.22. The van der Waals surface area contributed by atoms with Crippen molar-refractivity contribution in [1.29, 1.82) is 5.41 Å². The van der Waals surface area contributed by atoms with E-state index < -0.39 is 0 Å². The molecule has 0 bridgehead atoms. The summed E-state index contributed by atoms with van der Waals surface area (Å²) in [5.41, 5.74) is 6.51. The third kappa shape index (κ3) is 2.53. The van der Waals surface area contributed by atoms with Crippen LogP contribution in [0.15, 0.2) is 42.7 Å². The van der Waals surface area contributed by atoms with Crippen LogP contribution in [0.5, 0.6) is 0 Å². The number of nitrogens with zero attached hydrogens (tertiary/aromatic N) is 2. The van der Waals surface area contributed by atoms with Crippen molar-refractivity contribution in [3.8, 4) is 11.4 Å². The third-order valence-electron chi connectivity index (χ3n) is 2.69. The van der Waals surface area contributed by atoms with Crippen LogP contribution in [-0.4, -0.2) is 15.4 Å². The molecule has 0 aliphatic heterocycles. The second-order valence-electron chi connectivity index (χ2n) is 4.10. The fourth-order valence-corrected chi connectivity index (χ4v) is 1.90. The van der Waals surface area contributed by atoms with Gasteiger partial charge < -0.3 is 10.3 Å². The molecule has 1 heterocycles. The Kier molecular flexibility index (Phi) is 3.23. The van der Waals surface area contributed by atoms with Crippen molar-refractivity contribution in [1.82, 2.24) is 9.55 Å². The van der Waals surface area contributed by atoms with E-state index in [4.69, 9.17) is 11.1 Å². The van der Waals surface area contributed by atoms with E-state index in [1.165, 1.54) is 0 Å². The summed E-state index contributed by atoms with van der Waals surface area (Å²) in [6, 6.07) is 10.2. The van der Waals surface area contributed by atoms with Gasteiger partial charge in [0, 0.05) is 30.4 Å². The second-order valence-corrected chi connectivity index (χ2v) is 4.10. The molecular weight excluding hydrogens is 212 g/mol. The van der Waals surface area contributed by atoms with Crippen LogP contribution >= 0.6 is 0 Å². The smallest absolute Gasteiger partial charge is 0.140 e. The van der Waals surface area contributed by atoms with Crippen molar-refractivity contribution in [2.24, 2.45) is 5.73 Å². The lowest BCUT2D eigenvalue weighted by Gasteiger charge is -2.15. The zero-order valence-electron chi connectivity index (χ0n) is 9.80. The van der Waals surface area contributed by atoms with E-state index in [0.29, 0.717) is 6.42 Å². The number of nitrogens with two attached hydrogens (primary N) is 1. The van der Waals surface area contributed by atoms with Gasteiger partial charge in [-0.2, -0.15) is 0 Å². The van der Waals surface area contributed by atoms with Gasteiger partial charge in [0.15, 0.2) is 0 Å². The predicted octanol–water partition coefficient (Wildman–Crippen LogP) is 2.44. The molecule has 1 atom stereocenters. The van der Waals surface area contributed by atoms with E-state index in [9.17, 15) is 0 Å². The minimum atomic E-state index is 0.144. The van der Waals surface area contributed by atoms with Crippen molar-refractivity contribution in [3.63, 3.8) is 0 Å². The van der Waals surface area contributed by atoms with E-state index in [1.807, 2.05) is 43.5 Å². The highest BCUT2D eigenvalue weighted by atomic mass is 15.1. The number of aromatic nitrogens is 2. The van der Waals surface area contributed by atoms with Crippen LogP contribution in [0, 0.1) is 5.41 Å². The summed E-state index contributed by atoms with van der Waals surface area (Å²) in [7, 11) is 0. The average Bonchev–Trinajstić information content (AvgIpc) is 2.78. The second kappa shape index (κ2) is 4.82. The number of rotatable bonds is 4. The summed E-state index contributed by atoms with van der Waals surface area (Å²) in [4.78, 5) is 4.37. The highest BCUT2D eigenvalue weighted by molar-refractivity contribution is 5.77. The Morgan fingerprint density at radius 3 is 2.76 bits per heavy atom. The van der Waals surface area contributed by atoms with E-state index in [1.54, 1.807) is 6.20 Å². The molecule has 1 aromatic carbocycles. The van der Waals surface area contributed by atoms with Crippen LogP contribution < -0.4 is 5.73 Å². The fraction of sp³-hybridized carbons (Fsp3) is 0.231. The predicted molar refractivity (Wildman–Crippen MR) is 68.9 cm³/mol. The maximum atomic E-state index is 7.35. The quantitative estimate of drug-likeness (QED) is 0.623. The van der Waals surface area contributed by atoms with E-state index in [0.717, 1.165) is 11.4 Å². The Morgan fingerprint density at radius 2 is 2.12 bits per heavy atom. The molecule has 0 radical (unpaired) electrons. The highest BCUT2D eigenvalue weighted by Gasteiger charge is 2.11. The monoisotopic (exact) mass is 228 g/mol.